The molecule has 0 amide bonds. The molecule has 13 heavy (non-hydrogen) atoms. The van der Waals surface area contributed by atoms with E-state index in [4.69, 9.17) is 0 Å². The third kappa shape index (κ3) is 1.53. The Hall–Kier alpha value is -0.330. The molecule has 3 saturated carbocycles. The molecule has 0 saturated heterocycles. The molecule has 74 valence electrons. The minimum absolute atomic E-state index is 0.373. The Balaban J connectivity index is 1.85. The van der Waals surface area contributed by atoms with E-state index in [2.05, 4.69) is 6.92 Å². The second kappa shape index (κ2) is 3.43. The summed E-state index contributed by atoms with van der Waals surface area (Å²) in [5, 5.41) is 0. The molecule has 0 aliphatic heterocycles. The lowest BCUT2D eigenvalue weighted by Gasteiger charge is -2.55. The van der Waals surface area contributed by atoms with Crippen molar-refractivity contribution in [1.82, 2.24) is 0 Å². The standard InChI is InChI=1S/C12H20O/c1-8(13)6-7-12-10-4-3-5-11(12)9(10)2/h9-12H,3-7H2,1-2H3/t9?,10-,11+,12?. The molecule has 1 heteroatoms. The number of hydrogen-bond donors (Lipinski definition) is 0. The zero-order chi connectivity index (χ0) is 9.42. The Morgan fingerprint density at radius 3 is 2.38 bits per heavy atom. The predicted octanol–water partition coefficient (Wildman–Crippen LogP) is 3.04. The van der Waals surface area contributed by atoms with Crippen LogP contribution in [0.15, 0.2) is 0 Å². The zero-order valence-electron chi connectivity index (χ0n) is 8.75. The molecule has 1 nitrogen and oxygen atoms in total. The monoisotopic (exact) mass is 180 g/mol. The zero-order valence-corrected chi connectivity index (χ0v) is 8.75. The van der Waals surface area contributed by atoms with Crippen LogP contribution >= 0.6 is 0 Å². The average molecular weight is 180 g/mol. The molecule has 0 aromatic rings. The summed E-state index contributed by atoms with van der Waals surface area (Å²) < 4.78 is 0. The van der Waals surface area contributed by atoms with Gasteiger partial charge in [0, 0.05) is 6.42 Å². The summed E-state index contributed by atoms with van der Waals surface area (Å²) in [6, 6.07) is 0. The van der Waals surface area contributed by atoms with Gasteiger partial charge in [-0.3, -0.25) is 0 Å². The van der Waals surface area contributed by atoms with Gasteiger partial charge in [-0.1, -0.05) is 13.3 Å². The van der Waals surface area contributed by atoms with E-state index in [-0.39, 0.29) is 0 Å². The fourth-order valence-electron chi connectivity index (χ4n) is 3.61. The third-order valence-corrected chi connectivity index (χ3v) is 4.36. The molecule has 0 aromatic carbocycles. The Bertz CT molecular complexity index is 197. The van der Waals surface area contributed by atoms with Crippen LogP contribution in [-0.4, -0.2) is 5.78 Å². The third-order valence-electron chi connectivity index (χ3n) is 4.36. The topological polar surface area (TPSA) is 17.1 Å². The molecule has 0 aromatic heterocycles. The van der Waals surface area contributed by atoms with Gasteiger partial charge in [-0.15, -0.1) is 0 Å². The Kier molecular flexibility index (Phi) is 2.44. The molecule has 2 bridgehead atoms. The Morgan fingerprint density at radius 1 is 1.31 bits per heavy atom. The summed E-state index contributed by atoms with van der Waals surface area (Å²) in [7, 11) is 0. The summed E-state index contributed by atoms with van der Waals surface area (Å²) in [6.07, 6.45) is 6.30. The van der Waals surface area contributed by atoms with Crippen molar-refractivity contribution in [3.63, 3.8) is 0 Å². The van der Waals surface area contributed by atoms with Gasteiger partial charge in [-0.2, -0.15) is 0 Å². The van der Waals surface area contributed by atoms with Crippen LogP contribution in [-0.2, 0) is 4.79 Å². The van der Waals surface area contributed by atoms with Gasteiger partial charge in [0.25, 0.3) is 0 Å². The van der Waals surface area contributed by atoms with Crippen LogP contribution in [0.5, 0.6) is 0 Å². The van der Waals surface area contributed by atoms with Crippen molar-refractivity contribution in [3.05, 3.63) is 0 Å². The van der Waals surface area contributed by atoms with Crippen LogP contribution < -0.4 is 0 Å². The molecular formula is C12H20O. The van der Waals surface area contributed by atoms with E-state index in [1.54, 1.807) is 6.92 Å². The average Bonchev–Trinajstić information content (AvgIpc) is 2.14. The highest BCUT2D eigenvalue weighted by Gasteiger charge is 2.48. The maximum atomic E-state index is 10.9. The van der Waals surface area contributed by atoms with E-state index < -0.39 is 0 Å². The van der Waals surface area contributed by atoms with Crippen LogP contribution in [0.2, 0.25) is 0 Å². The predicted molar refractivity (Wildman–Crippen MR) is 53.4 cm³/mol. The lowest BCUT2D eigenvalue weighted by molar-refractivity contribution is -0.119. The van der Waals surface area contributed by atoms with Crippen LogP contribution in [0.4, 0.5) is 0 Å². The SMILES string of the molecule is CC(=O)CCC1[C@@H]2CCC[C@H]1C2C. The lowest BCUT2D eigenvalue weighted by Crippen LogP contribution is -2.48. The largest absolute Gasteiger partial charge is 0.300 e. The number of Topliss-reactive ketones (excluding diaryl/α,β-unsaturated/α-hetero) is 1. The fourth-order valence-corrected chi connectivity index (χ4v) is 3.61. The highest BCUT2D eigenvalue weighted by atomic mass is 16.1. The summed E-state index contributed by atoms with van der Waals surface area (Å²) in [4.78, 5) is 10.9. The molecule has 2 unspecified atom stereocenters. The van der Waals surface area contributed by atoms with Gasteiger partial charge in [-0.05, 0) is 49.9 Å². The molecule has 0 spiro atoms. The van der Waals surface area contributed by atoms with E-state index in [1.807, 2.05) is 0 Å². The first-order valence-corrected chi connectivity index (χ1v) is 5.69. The van der Waals surface area contributed by atoms with Gasteiger partial charge in [0.05, 0.1) is 0 Å². The maximum absolute atomic E-state index is 10.9. The van der Waals surface area contributed by atoms with Crippen molar-refractivity contribution < 1.29 is 4.79 Å². The number of fused-ring (bicyclic) bond motifs is 2. The van der Waals surface area contributed by atoms with Crippen LogP contribution in [0, 0.1) is 23.7 Å². The minimum Gasteiger partial charge on any atom is -0.300 e. The molecule has 0 radical (unpaired) electrons. The Labute approximate surface area is 80.9 Å². The molecule has 3 aliphatic carbocycles. The smallest absolute Gasteiger partial charge is 0.129 e. The quantitative estimate of drug-likeness (QED) is 0.652. The molecule has 4 atom stereocenters. The van der Waals surface area contributed by atoms with Crippen molar-refractivity contribution in [2.24, 2.45) is 23.7 Å². The first-order valence-electron chi connectivity index (χ1n) is 5.69. The van der Waals surface area contributed by atoms with Gasteiger partial charge in [0.2, 0.25) is 0 Å². The normalized spacial score (nSPS) is 42.6. The van der Waals surface area contributed by atoms with E-state index >= 15 is 0 Å². The molecule has 0 N–H and O–H groups in total. The van der Waals surface area contributed by atoms with Crippen molar-refractivity contribution in [2.75, 3.05) is 0 Å². The van der Waals surface area contributed by atoms with Crippen molar-refractivity contribution in [3.8, 4) is 0 Å². The first kappa shape index (κ1) is 9.23. The van der Waals surface area contributed by atoms with Gasteiger partial charge in [0.15, 0.2) is 0 Å². The number of rotatable bonds is 3. The highest BCUT2D eigenvalue weighted by molar-refractivity contribution is 5.75. The molecular weight excluding hydrogens is 160 g/mol. The van der Waals surface area contributed by atoms with Crippen molar-refractivity contribution in [1.29, 1.82) is 0 Å². The van der Waals surface area contributed by atoms with Crippen LogP contribution in [0.1, 0.15) is 46.0 Å². The van der Waals surface area contributed by atoms with Crippen molar-refractivity contribution >= 4 is 5.78 Å². The van der Waals surface area contributed by atoms with Gasteiger partial charge >= 0.3 is 0 Å². The summed E-state index contributed by atoms with van der Waals surface area (Å²) in [5.41, 5.74) is 0. The minimum atomic E-state index is 0.373. The summed E-state index contributed by atoms with van der Waals surface area (Å²) >= 11 is 0. The van der Waals surface area contributed by atoms with Crippen molar-refractivity contribution in [2.45, 2.75) is 46.0 Å². The fraction of sp³-hybridized carbons (Fsp3) is 0.917. The molecule has 3 rings (SSSR count). The second-order valence-corrected chi connectivity index (χ2v) is 5.02. The Morgan fingerprint density at radius 2 is 1.92 bits per heavy atom. The number of carbonyl (C=O) groups excluding carboxylic acids is 1. The highest BCUT2D eigenvalue weighted by Crippen LogP contribution is 2.56. The first-order chi connectivity index (χ1) is 6.20. The van der Waals surface area contributed by atoms with Gasteiger partial charge in [-0.25, -0.2) is 0 Å². The number of ketones is 1. The number of hydrogen-bond acceptors (Lipinski definition) is 1. The van der Waals surface area contributed by atoms with Gasteiger partial charge < -0.3 is 4.79 Å². The summed E-state index contributed by atoms with van der Waals surface area (Å²) in [6.45, 7) is 4.12. The summed E-state index contributed by atoms with van der Waals surface area (Å²) in [5.74, 6) is 4.19. The molecule has 3 fully saturated rings. The van der Waals surface area contributed by atoms with E-state index in [0.29, 0.717) is 5.78 Å². The number of carbonyl (C=O) groups is 1. The van der Waals surface area contributed by atoms with Gasteiger partial charge in [0.1, 0.15) is 5.78 Å². The second-order valence-electron chi connectivity index (χ2n) is 5.02. The lowest BCUT2D eigenvalue weighted by atomic mass is 9.50. The maximum Gasteiger partial charge on any atom is 0.129 e. The molecule has 0 heterocycles. The molecule has 3 aliphatic rings. The van der Waals surface area contributed by atoms with Crippen LogP contribution in [0.25, 0.3) is 0 Å². The van der Waals surface area contributed by atoms with E-state index in [1.165, 1.54) is 25.7 Å². The van der Waals surface area contributed by atoms with E-state index in [0.717, 1.165) is 30.1 Å². The van der Waals surface area contributed by atoms with E-state index in [9.17, 15) is 4.79 Å². The van der Waals surface area contributed by atoms with Crippen LogP contribution in [0.3, 0.4) is 0 Å².